The molecule has 0 unspecified atom stereocenters. The summed E-state index contributed by atoms with van der Waals surface area (Å²) in [6.45, 7) is 0.961. The normalized spacial score (nSPS) is 22.1. The van der Waals surface area contributed by atoms with Gasteiger partial charge in [-0.15, -0.1) is 0 Å². The number of nitrogens with one attached hydrogen (secondary N) is 3. The maximum Gasteiger partial charge on any atom is 0.319 e. The number of phenols is 1. The fourth-order valence-electron chi connectivity index (χ4n) is 2.83. The Morgan fingerprint density at radius 1 is 1.12 bits per heavy atom. The Bertz CT molecular complexity index is 726. The zero-order valence-corrected chi connectivity index (χ0v) is 14.3. The summed E-state index contributed by atoms with van der Waals surface area (Å²) in [4.78, 5) is 11.9. The minimum atomic E-state index is -0.752. The minimum Gasteiger partial charge on any atom is -0.508 e. The summed E-state index contributed by atoms with van der Waals surface area (Å²) >= 11 is 0. The lowest BCUT2D eigenvalue weighted by Crippen LogP contribution is -2.45. The standard InChI is InChI=1S/C19H23N3O4/c23-16-9-5-4-6-13(16)10-20-15-12-26-17(18(15)24)11-21-19(25)22-14-7-2-1-3-8-14/h1-9,15,17-18,20,23-24H,10-12H2,(H2,21,22,25)/t15-,17-,18+/m1/s1. The van der Waals surface area contributed by atoms with Crippen LogP contribution in [0.4, 0.5) is 10.5 Å². The smallest absolute Gasteiger partial charge is 0.319 e. The number of rotatable bonds is 6. The largest absolute Gasteiger partial charge is 0.508 e. The maximum absolute atomic E-state index is 11.9. The van der Waals surface area contributed by atoms with E-state index in [1.54, 1.807) is 24.3 Å². The average Bonchev–Trinajstić information content (AvgIpc) is 3.00. The van der Waals surface area contributed by atoms with E-state index in [0.717, 1.165) is 5.56 Å². The van der Waals surface area contributed by atoms with Gasteiger partial charge in [0.15, 0.2) is 0 Å². The molecule has 0 radical (unpaired) electrons. The van der Waals surface area contributed by atoms with Crippen LogP contribution in [0.2, 0.25) is 0 Å². The average molecular weight is 357 g/mol. The number of hydrogen-bond acceptors (Lipinski definition) is 5. The molecular weight excluding hydrogens is 334 g/mol. The number of aliphatic hydroxyl groups excluding tert-OH is 1. The lowest BCUT2D eigenvalue weighted by molar-refractivity contribution is 0.0428. The number of ether oxygens (including phenoxy) is 1. The highest BCUT2D eigenvalue weighted by molar-refractivity contribution is 5.89. The molecule has 1 saturated heterocycles. The maximum atomic E-state index is 11.9. The highest BCUT2D eigenvalue weighted by Gasteiger charge is 2.35. The van der Waals surface area contributed by atoms with Crippen molar-refractivity contribution in [1.29, 1.82) is 0 Å². The van der Waals surface area contributed by atoms with Gasteiger partial charge in [0.2, 0.25) is 0 Å². The van der Waals surface area contributed by atoms with Crippen molar-refractivity contribution in [3.05, 3.63) is 60.2 Å². The third kappa shape index (κ3) is 4.72. The Labute approximate surface area is 152 Å². The van der Waals surface area contributed by atoms with E-state index < -0.39 is 12.2 Å². The second-order valence-corrected chi connectivity index (χ2v) is 6.18. The van der Waals surface area contributed by atoms with Crippen LogP contribution in [0.5, 0.6) is 5.75 Å². The number of para-hydroxylation sites is 2. The van der Waals surface area contributed by atoms with Crippen LogP contribution in [0, 0.1) is 0 Å². The molecule has 1 aliphatic rings. The van der Waals surface area contributed by atoms with Gasteiger partial charge in [0.25, 0.3) is 0 Å². The van der Waals surface area contributed by atoms with Crippen molar-refractivity contribution in [1.82, 2.24) is 10.6 Å². The number of hydrogen-bond donors (Lipinski definition) is 5. The Morgan fingerprint density at radius 3 is 2.62 bits per heavy atom. The first-order valence-corrected chi connectivity index (χ1v) is 8.53. The van der Waals surface area contributed by atoms with Gasteiger partial charge < -0.3 is 30.9 Å². The van der Waals surface area contributed by atoms with Crippen LogP contribution in [-0.2, 0) is 11.3 Å². The molecule has 2 amide bonds. The molecule has 1 aliphatic heterocycles. The van der Waals surface area contributed by atoms with Crippen LogP contribution >= 0.6 is 0 Å². The Hall–Kier alpha value is -2.61. The summed E-state index contributed by atoms with van der Waals surface area (Å²) in [5.41, 5.74) is 1.45. The number of aromatic hydroxyl groups is 1. The fraction of sp³-hybridized carbons (Fsp3) is 0.316. The molecule has 0 aromatic heterocycles. The molecule has 7 nitrogen and oxygen atoms in total. The predicted octanol–water partition coefficient (Wildman–Crippen LogP) is 1.43. The molecule has 138 valence electrons. The number of amides is 2. The van der Waals surface area contributed by atoms with Crippen LogP contribution in [0.3, 0.4) is 0 Å². The van der Waals surface area contributed by atoms with Crippen molar-refractivity contribution in [3.63, 3.8) is 0 Å². The lowest BCUT2D eigenvalue weighted by atomic mass is 10.1. The molecule has 26 heavy (non-hydrogen) atoms. The Balaban J connectivity index is 1.43. The highest BCUT2D eigenvalue weighted by Crippen LogP contribution is 2.18. The zero-order valence-electron chi connectivity index (χ0n) is 14.3. The third-order valence-electron chi connectivity index (χ3n) is 4.32. The Kier molecular flexibility index (Phi) is 6.06. The van der Waals surface area contributed by atoms with Gasteiger partial charge in [0.1, 0.15) is 11.9 Å². The minimum absolute atomic E-state index is 0.203. The number of carbonyl (C=O) groups excluding carboxylic acids is 1. The predicted molar refractivity (Wildman–Crippen MR) is 97.9 cm³/mol. The summed E-state index contributed by atoms with van der Waals surface area (Å²) in [7, 11) is 0. The summed E-state index contributed by atoms with van der Waals surface area (Å²) in [6, 6.07) is 15.5. The van der Waals surface area contributed by atoms with Gasteiger partial charge in [0, 0.05) is 24.3 Å². The monoisotopic (exact) mass is 357 g/mol. The lowest BCUT2D eigenvalue weighted by Gasteiger charge is -2.19. The first-order chi connectivity index (χ1) is 12.6. The van der Waals surface area contributed by atoms with Crippen LogP contribution in [0.1, 0.15) is 5.56 Å². The zero-order chi connectivity index (χ0) is 18.4. The van der Waals surface area contributed by atoms with Crippen molar-refractivity contribution in [2.45, 2.75) is 24.8 Å². The van der Waals surface area contributed by atoms with E-state index in [9.17, 15) is 15.0 Å². The second kappa shape index (κ2) is 8.66. The van der Waals surface area contributed by atoms with Crippen molar-refractivity contribution >= 4 is 11.7 Å². The quantitative estimate of drug-likeness (QED) is 0.538. The molecule has 5 N–H and O–H groups in total. The second-order valence-electron chi connectivity index (χ2n) is 6.18. The van der Waals surface area contributed by atoms with Crippen molar-refractivity contribution < 1.29 is 19.7 Å². The molecule has 2 aromatic carbocycles. The van der Waals surface area contributed by atoms with Crippen LogP contribution < -0.4 is 16.0 Å². The molecule has 0 bridgehead atoms. The summed E-state index contributed by atoms with van der Waals surface area (Å²) < 4.78 is 5.58. The van der Waals surface area contributed by atoms with E-state index in [4.69, 9.17) is 4.74 Å². The van der Waals surface area contributed by atoms with E-state index in [1.165, 1.54) is 0 Å². The van der Waals surface area contributed by atoms with Gasteiger partial charge in [-0.1, -0.05) is 36.4 Å². The van der Waals surface area contributed by atoms with Gasteiger partial charge in [-0.05, 0) is 18.2 Å². The fourth-order valence-corrected chi connectivity index (χ4v) is 2.83. The first-order valence-electron chi connectivity index (χ1n) is 8.53. The number of aliphatic hydroxyl groups is 1. The molecule has 2 aromatic rings. The summed E-state index contributed by atoms with van der Waals surface area (Å²) in [6.07, 6.45) is -1.24. The molecular formula is C19H23N3O4. The van der Waals surface area contributed by atoms with Crippen LogP contribution in [0.25, 0.3) is 0 Å². The molecule has 1 fully saturated rings. The van der Waals surface area contributed by atoms with E-state index in [1.807, 2.05) is 30.3 Å². The van der Waals surface area contributed by atoms with E-state index in [2.05, 4.69) is 16.0 Å². The SMILES string of the molecule is O=C(NC[C@H]1OC[C@@H](NCc2ccccc2O)[C@@H]1O)Nc1ccccc1. The van der Waals surface area contributed by atoms with Crippen LogP contribution in [-0.4, -0.2) is 47.6 Å². The molecule has 3 rings (SSSR count). The topological polar surface area (TPSA) is 103 Å². The molecule has 3 atom stereocenters. The number of phenolic OH excluding ortho intramolecular Hbond substituents is 1. The van der Waals surface area contributed by atoms with Crippen LogP contribution in [0.15, 0.2) is 54.6 Å². The van der Waals surface area contributed by atoms with Crippen molar-refractivity contribution in [2.75, 3.05) is 18.5 Å². The molecule has 0 aliphatic carbocycles. The van der Waals surface area contributed by atoms with E-state index in [-0.39, 0.29) is 24.4 Å². The molecule has 7 heteroatoms. The summed E-state index contributed by atoms with van der Waals surface area (Å²) in [5, 5.41) is 28.8. The van der Waals surface area contributed by atoms with E-state index >= 15 is 0 Å². The van der Waals surface area contributed by atoms with Gasteiger partial charge in [-0.3, -0.25) is 0 Å². The van der Waals surface area contributed by atoms with Gasteiger partial charge in [-0.25, -0.2) is 4.79 Å². The van der Waals surface area contributed by atoms with Gasteiger partial charge >= 0.3 is 6.03 Å². The van der Waals surface area contributed by atoms with Crippen molar-refractivity contribution in [2.24, 2.45) is 0 Å². The highest BCUT2D eigenvalue weighted by atomic mass is 16.5. The molecule has 1 heterocycles. The number of carbonyl (C=O) groups is 1. The third-order valence-corrected chi connectivity index (χ3v) is 4.32. The number of anilines is 1. The Morgan fingerprint density at radius 2 is 1.85 bits per heavy atom. The number of urea groups is 1. The molecule has 0 saturated carbocycles. The summed E-state index contributed by atoms with van der Waals surface area (Å²) in [5.74, 6) is 0.212. The number of benzene rings is 2. The molecule has 0 spiro atoms. The van der Waals surface area contributed by atoms with Gasteiger partial charge in [-0.2, -0.15) is 0 Å². The van der Waals surface area contributed by atoms with Gasteiger partial charge in [0.05, 0.1) is 18.8 Å². The first kappa shape index (κ1) is 18.2. The van der Waals surface area contributed by atoms with Crippen molar-refractivity contribution in [3.8, 4) is 5.75 Å². The van der Waals surface area contributed by atoms with E-state index in [0.29, 0.717) is 18.8 Å².